The molecular formula is C8H14N4O2S2. The van der Waals surface area contributed by atoms with Gasteiger partial charge in [0.25, 0.3) is 10.0 Å². The van der Waals surface area contributed by atoms with Crippen molar-refractivity contribution in [3.63, 3.8) is 0 Å². The van der Waals surface area contributed by atoms with Crippen LogP contribution in [0.3, 0.4) is 0 Å². The first kappa shape index (κ1) is 13.1. The second kappa shape index (κ2) is 4.89. The van der Waals surface area contributed by atoms with Crippen LogP contribution in [0.1, 0.15) is 19.7 Å². The third kappa shape index (κ3) is 3.00. The summed E-state index contributed by atoms with van der Waals surface area (Å²) in [6.07, 6.45) is 1.91. The highest BCUT2D eigenvalue weighted by atomic mass is 32.2. The molecule has 0 aliphatic carbocycles. The van der Waals surface area contributed by atoms with E-state index < -0.39 is 16.1 Å². The van der Waals surface area contributed by atoms with Crippen molar-refractivity contribution in [2.24, 2.45) is 5.73 Å². The molecule has 1 atom stereocenters. The zero-order chi connectivity index (χ0) is 12.3. The number of thiocarbonyl (C=S) groups is 1. The van der Waals surface area contributed by atoms with Crippen LogP contribution in [0.25, 0.3) is 0 Å². The molecule has 0 bridgehead atoms. The van der Waals surface area contributed by atoms with Gasteiger partial charge < -0.3 is 10.7 Å². The molecule has 8 heteroatoms. The molecule has 0 saturated heterocycles. The van der Waals surface area contributed by atoms with E-state index in [1.807, 2.05) is 6.92 Å². The molecule has 1 aromatic heterocycles. The Balaban J connectivity index is 2.90. The van der Waals surface area contributed by atoms with E-state index >= 15 is 0 Å². The molecule has 0 fully saturated rings. The van der Waals surface area contributed by atoms with Crippen LogP contribution in [0.4, 0.5) is 0 Å². The van der Waals surface area contributed by atoms with Gasteiger partial charge in [0.1, 0.15) is 5.82 Å². The largest absolute Gasteiger partial charge is 0.392 e. The van der Waals surface area contributed by atoms with Crippen LogP contribution in [0, 0.1) is 0 Å². The summed E-state index contributed by atoms with van der Waals surface area (Å²) in [6, 6.07) is -0.589. The lowest BCUT2D eigenvalue weighted by molar-refractivity contribution is 0.575. The van der Waals surface area contributed by atoms with Crippen LogP contribution in [-0.2, 0) is 16.4 Å². The highest BCUT2D eigenvalue weighted by Crippen LogP contribution is 2.06. The summed E-state index contributed by atoms with van der Waals surface area (Å²) in [6.45, 7) is 3.46. The third-order valence-corrected chi connectivity index (χ3v) is 3.79. The summed E-state index contributed by atoms with van der Waals surface area (Å²) in [5.41, 5.74) is 5.33. The summed E-state index contributed by atoms with van der Waals surface area (Å²) in [7, 11) is -3.63. The molecule has 1 rings (SSSR count). The minimum atomic E-state index is -3.63. The summed E-state index contributed by atoms with van der Waals surface area (Å²) in [5.74, 6) is 0.614. The Labute approximate surface area is 99.7 Å². The van der Waals surface area contributed by atoms with Crippen molar-refractivity contribution in [1.82, 2.24) is 14.7 Å². The number of nitrogens with one attached hydrogen (secondary N) is 2. The van der Waals surface area contributed by atoms with E-state index in [0.717, 1.165) is 0 Å². The second-order valence-corrected chi connectivity index (χ2v) is 5.45. The van der Waals surface area contributed by atoms with Crippen molar-refractivity contribution in [3.8, 4) is 0 Å². The molecule has 4 N–H and O–H groups in total. The molecule has 16 heavy (non-hydrogen) atoms. The molecule has 0 radical (unpaired) electrons. The maximum Gasteiger partial charge on any atom is 0.258 e. The summed E-state index contributed by atoms with van der Waals surface area (Å²) in [5, 5.41) is 0.0208. The van der Waals surface area contributed by atoms with Gasteiger partial charge in [-0.15, -0.1) is 0 Å². The van der Waals surface area contributed by atoms with E-state index in [2.05, 4.69) is 26.9 Å². The van der Waals surface area contributed by atoms with Crippen molar-refractivity contribution in [3.05, 3.63) is 12.0 Å². The Morgan fingerprint density at radius 1 is 1.75 bits per heavy atom. The first-order chi connectivity index (χ1) is 7.36. The first-order valence-electron chi connectivity index (χ1n) is 4.72. The van der Waals surface area contributed by atoms with Gasteiger partial charge in [-0.05, 0) is 6.92 Å². The molecule has 90 valence electrons. The van der Waals surface area contributed by atoms with Gasteiger partial charge in [-0.2, -0.15) is 0 Å². The lowest BCUT2D eigenvalue weighted by atomic mass is 10.4. The number of aromatic nitrogens is 2. The summed E-state index contributed by atoms with van der Waals surface area (Å²) < 4.78 is 25.9. The number of hydrogen-bond acceptors (Lipinski definition) is 4. The molecule has 1 heterocycles. The summed E-state index contributed by atoms with van der Waals surface area (Å²) >= 11 is 4.69. The number of imidazole rings is 1. The van der Waals surface area contributed by atoms with Gasteiger partial charge in [-0.3, -0.25) is 0 Å². The number of rotatable bonds is 5. The molecular weight excluding hydrogens is 248 g/mol. The number of H-pyrrole nitrogens is 1. The van der Waals surface area contributed by atoms with Crippen LogP contribution < -0.4 is 10.5 Å². The van der Waals surface area contributed by atoms with Gasteiger partial charge in [0, 0.05) is 6.42 Å². The van der Waals surface area contributed by atoms with Gasteiger partial charge in [-0.25, -0.2) is 18.1 Å². The smallest absolute Gasteiger partial charge is 0.258 e. The highest BCUT2D eigenvalue weighted by Gasteiger charge is 2.20. The predicted octanol–water partition coefficient (Wildman–Crippen LogP) is -0.0750. The molecule has 1 unspecified atom stereocenters. The van der Waals surface area contributed by atoms with E-state index in [4.69, 9.17) is 5.73 Å². The fourth-order valence-electron chi connectivity index (χ4n) is 1.01. The Morgan fingerprint density at radius 3 is 2.81 bits per heavy atom. The first-order valence-corrected chi connectivity index (χ1v) is 6.61. The maximum atomic E-state index is 11.8. The highest BCUT2D eigenvalue weighted by molar-refractivity contribution is 7.89. The van der Waals surface area contributed by atoms with E-state index in [9.17, 15) is 8.42 Å². The van der Waals surface area contributed by atoms with E-state index in [1.165, 1.54) is 6.20 Å². The number of nitrogens with zero attached hydrogens (tertiary/aromatic N) is 1. The van der Waals surface area contributed by atoms with Crippen molar-refractivity contribution < 1.29 is 8.42 Å². The van der Waals surface area contributed by atoms with Gasteiger partial charge in [0.15, 0.2) is 5.03 Å². The van der Waals surface area contributed by atoms with E-state index in [-0.39, 0.29) is 10.0 Å². The van der Waals surface area contributed by atoms with Gasteiger partial charge in [-0.1, -0.05) is 19.1 Å². The van der Waals surface area contributed by atoms with Crippen molar-refractivity contribution in [2.45, 2.75) is 31.3 Å². The Kier molecular flexibility index (Phi) is 4.00. The number of sulfonamides is 1. The number of hydrogen-bond donors (Lipinski definition) is 3. The standard InChI is InChI=1S/C8H14N4O2S2/c1-3-6-10-4-7(11-6)16(13,14)12-5(2)8(9)15/h4-5,12H,3H2,1-2H3,(H2,9,15)(H,10,11). The average molecular weight is 262 g/mol. The molecule has 0 amide bonds. The van der Waals surface area contributed by atoms with Gasteiger partial charge in [0.05, 0.1) is 17.2 Å². The van der Waals surface area contributed by atoms with Crippen molar-refractivity contribution >= 4 is 27.2 Å². The lowest BCUT2D eigenvalue weighted by Gasteiger charge is -2.10. The molecule has 0 aromatic carbocycles. The second-order valence-electron chi connectivity index (χ2n) is 3.29. The minimum absolute atomic E-state index is 0.0208. The number of aryl methyl sites for hydroxylation is 1. The van der Waals surface area contributed by atoms with Crippen LogP contribution in [0.15, 0.2) is 11.2 Å². The topological polar surface area (TPSA) is 101 Å². The molecule has 0 aliphatic heterocycles. The Hall–Kier alpha value is -0.990. The van der Waals surface area contributed by atoms with E-state index in [0.29, 0.717) is 12.2 Å². The van der Waals surface area contributed by atoms with Crippen LogP contribution in [0.2, 0.25) is 0 Å². The third-order valence-electron chi connectivity index (χ3n) is 1.99. The maximum absolute atomic E-state index is 11.8. The molecule has 1 aromatic rings. The van der Waals surface area contributed by atoms with Gasteiger partial charge in [0.2, 0.25) is 0 Å². The quantitative estimate of drug-likeness (QED) is 0.645. The van der Waals surface area contributed by atoms with Crippen LogP contribution >= 0.6 is 12.2 Å². The molecule has 6 nitrogen and oxygen atoms in total. The van der Waals surface area contributed by atoms with E-state index in [1.54, 1.807) is 6.92 Å². The Morgan fingerprint density at radius 2 is 2.38 bits per heavy atom. The van der Waals surface area contributed by atoms with Crippen molar-refractivity contribution in [2.75, 3.05) is 0 Å². The normalized spacial score (nSPS) is 13.6. The fraction of sp³-hybridized carbons (Fsp3) is 0.500. The van der Waals surface area contributed by atoms with Crippen LogP contribution in [-0.4, -0.2) is 29.4 Å². The predicted molar refractivity (Wildman–Crippen MR) is 64.5 cm³/mol. The monoisotopic (exact) mass is 262 g/mol. The lowest BCUT2D eigenvalue weighted by Crippen LogP contribution is -2.41. The van der Waals surface area contributed by atoms with Gasteiger partial charge >= 0.3 is 0 Å². The Bertz CT molecular complexity index is 480. The van der Waals surface area contributed by atoms with Crippen molar-refractivity contribution in [1.29, 1.82) is 0 Å². The van der Waals surface area contributed by atoms with Crippen LogP contribution in [0.5, 0.6) is 0 Å². The average Bonchev–Trinajstić information content (AvgIpc) is 2.65. The summed E-state index contributed by atoms with van der Waals surface area (Å²) in [4.78, 5) is 6.71. The molecule has 0 aliphatic rings. The zero-order valence-corrected chi connectivity index (χ0v) is 10.7. The molecule has 0 spiro atoms. The minimum Gasteiger partial charge on any atom is -0.392 e. The number of aromatic amines is 1. The zero-order valence-electron chi connectivity index (χ0n) is 9.02. The SMILES string of the molecule is CCc1ncc(S(=O)(=O)NC(C)C(N)=S)[nH]1. The molecule has 0 saturated carbocycles. The fourth-order valence-corrected chi connectivity index (χ4v) is 2.31. The number of nitrogens with two attached hydrogens (primary N) is 1.